The number of carbonyl (C=O) groups is 2. The van der Waals surface area contributed by atoms with E-state index >= 15 is 0 Å². The minimum Gasteiger partial charge on any atom is -0.452 e. The topological polar surface area (TPSA) is 102 Å². The van der Waals surface area contributed by atoms with Gasteiger partial charge in [-0.3, -0.25) is 4.79 Å². The fraction of sp³-hybridized carbons (Fsp3) is 0.529. The molecule has 0 bridgehead atoms. The molecule has 0 aliphatic carbocycles. The quantitative estimate of drug-likeness (QED) is 0.616. The number of sulfonamides is 1. The molecule has 3 rings (SSSR count). The van der Waals surface area contributed by atoms with Crippen molar-refractivity contribution in [2.75, 3.05) is 59.2 Å². The molecule has 0 spiro atoms. The Hall–Kier alpha value is -2.08. The Balaban J connectivity index is 1.69. The number of benzene rings is 1. The van der Waals surface area contributed by atoms with E-state index in [0.717, 1.165) is 22.5 Å². The van der Waals surface area contributed by atoms with Gasteiger partial charge in [0.2, 0.25) is 10.0 Å². The highest BCUT2D eigenvalue weighted by Gasteiger charge is 2.30. The van der Waals surface area contributed by atoms with Gasteiger partial charge in [0.1, 0.15) is 10.7 Å². The predicted molar refractivity (Wildman–Crippen MR) is 93.7 cm³/mol. The van der Waals surface area contributed by atoms with Gasteiger partial charge in [-0.15, -0.1) is 0 Å². The van der Waals surface area contributed by atoms with E-state index in [0.29, 0.717) is 26.3 Å². The van der Waals surface area contributed by atoms with Crippen LogP contribution in [0.25, 0.3) is 0 Å². The van der Waals surface area contributed by atoms with Crippen molar-refractivity contribution in [3.05, 3.63) is 29.6 Å². The number of morpholine rings is 2. The van der Waals surface area contributed by atoms with Crippen LogP contribution >= 0.6 is 0 Å². The van der Waals surface area contributed by atoms with Crippen LogP contribution in [0.15, 0.2) is 23.1 Å². The van der Waals surface area contributed by atoms with Gasteiger partial charge in [-0.05, 0) is 18.2 Å². The van der Waals surface area contributed by atoms with E-state index in [1.807, 2.05) is 0 Å². The number of carbonyl (C=O) groups excluding carboxylic acids is 2. The van der Waals surface area contributed by atoms with Crippen LogP contribution in [0.5, 0.6) is 0 Å². The zero-order valence-corrected chi connectivity index (χ0v) is 16.0. The van der Waals surface area contributed by atoms with Crippen molar-refractivity contribution in [1.29, 1.82) is 0 Å². The smallest absolute Gasteiger partial charge is 0.338 e. The van der Waals surface area contributed by atoms with Gasteiger partial charge in [-0.2, -0.15) is 4.31 Å². The fourth-order valence-electron chi connectivity index (χ4n) is 2.87. The Morgan fingerprint density at radius 1 is 1.04 bits per heavy atom. The molecule has 2 aliphatic heterocycles. The summed E-state index contributed by atoms with van der Waals surface area (Å²) >= 11 is 0. The van der Waals surface area contributed by atoms with Crippen LogP contribution in [0.1, 0.15) is 10.4 Å². The molecule has 0 saturated carbocycles. The van der Waals surface area contributed by atoms with E-state index in [1.54, 1.807) is 0 Å². The zero-order valence-electron chi connectivity index (χ0n) is 15.1. The van der Waals surface area contributed by atoms with Crippen molar-refractivity contribution in [3.8, 4) is 0 Å². The molecular weight excluding hydrogens is 395 g/mol. The number of ether oxygens (including phenoxy) is 3. The van der Waals surface area contributed by atoms with Gasteiger partial charge in [0.15, 0.2) is 6.61 Å². The standard InChI is InChI=1S/C17H21FN2O7S/c18-14-2-1-13(11-15(14)28(23,24)20-5-9-26-10-6-20)17(22)27-12-16(21)19-3-7-25-8-4-19/h1-2,11H,3-10,12H2. The fourth-order valence-corrected chi connectivity index (χ4v) is 4.37. The summed E-state index contributed by atoms with van der Waals surface area (Å²) in [5, 5.41) is 0. The number of hydrogen-bond donors (Lipinski definition) is 0. The number of esters is 1. The predicted octanol–water partition coefficient (Wildman–Crippen LogP) is -0.138. The van der Waals surface area contributed by atoms with Gasteiger partial charge in [-0.1, -0.05) is 0 Å². The van der Waals surface area contributed by atoms with E-state index in [1.165, 1.54) is 4.90 Å². The largest absolute Gasteiger partial charge is 0.452 e. The zero-order chi connectivity index (χ0) is 20.1. The van der Waals surface area contributed by atoms with Gasteiger partial charge in [-0.25, -0.2) is 17.6 Å². The van der Waals surface area contributed by atoms with E-state index in [4.69, 9.17) is 14.2 Å². The molecule has 9 nitrogen and oxygen atoms in total. The Kier molecular flexibility index (Phi) is 6.60. The van der Waals surface area contributed by atoms with Crippen LogP contribution in [0.3, 0.4) is 0 Å². The van der Waals surface area contributed by atoms with Crippen molar-refractivity contribution in [2.45, 2.75) is 4.90 Å². The van der Waals surface area contributed by atoms with Gasteiger partial charge in [0.05, 0.1) is 32.0 Å². The summed E-state index contributed by atoms with van der Waals surface area (Å²) in [5.74, 6) is -2.24. The molecule has 0 N–H and O–H groups in total. The van der Waals surface area contributed by atoms with Gasteiger partial charge >= 0.3 is 5.97 Å². The van der Waals surface area contributed by atoms with E-state index < -0.39 is 33.3 Å². The monoisotopic (exact) mass is 416 g/mol. The van der Waals surface area contributed by atoms with Gasteiger partial charge < -0.3 is 19.1 Å². The average Bonchev–Trinajstić information content (AvgIpc) is 2.73. The number of hydrogen-bond acceptors (Lipinski definition) is 7. The Morgan fingerprint density at radius 2 is 1.64 bits per heavy atom. The Bertz CT molecular complexity index is 834. The second-order valence-corrected chi connectivity index (χ2v) is 8.14. The summed E-state index contributed by atoms with van der Waals surface area (Å²) in [4.78, 5) is 25.2. The van der Waals surface area contributed by atoms with E-state index in [9.17, 15) is 22.4 Å². The van der Waals surface area contributed by atoms with Crippen LogP contribution in [-0.2, 0) is 29.0 Å². The van der Waals surface area contributed by atoms with Crippen molar-refractivity contribution in [1.82, 2.24) is 9.21 Å². The number of nitrogens with zero attached hydrogens (tertiary/aromatic N) is 2. The third-order valence-electron chi connectivity index (χ3n) is 4.45. The summed E-state index contributed by atoms with van der Waals surface area (Å²) in [6, 6.07) is 2.95. The lowest BCUT2D eigenvalue weighted by Gasteiger charge is -2.26. The molecule has 1 amide bonds. The van der Waals surface area contributed by atoms with E-state index in [-0.39, 0.29) is 37.8 Å². The molecule has 2 aliphatic rings. The molecule has 28 heavy (non-hydrogen) atoms. The molecule has 1 aromatic rings. The van der Waals surface area contributed by atoms with Crippen LogP contribution in [0.2, 0.25) is 0 Å². The first-order valence-electron chi connectivity index (χ1n) is 8.79. The highest BCUT2D eigenvalue weighted by Crippen LogP contribution is 2.22. The molecule has 1 aromatic carbocycles. The Labute approximate surface area is 162 Å². The lowest BCUT2D eigenvalue weighted by Crippen LogP contribution is -2.42. The average molecular weight is 416 g/mol. The minimum atomic E-state index is -4.12. The first kappa shape index (κ1) is 20.6. The highest BCUT2D eigenvalue weighted by molar-refractivity contribution is 7.89. The number of halogens is 1. The molecule has 154 valence electrons. The molecule has 0 aromatic heterocycles. The lowest BCUT2D eigenvalue weighted by atomic mass is 10.2. The molecule has 0 atom stereocenters. The summed E-state index contributed by atoms with van der Waals surface area (Å²) in [7, 11) is -4.12. The highest BCUT2D eigenvalue weighted by atomic mass is 32.2. The molecule has 2 saturated heterocycles. The normalized spacial score (nSPS) is 18.7. The maximum atomic E-state index is 14.2. The minimum absolute atomic E-state index is 0.102. The van der Waals surface area contributed by atoms with Crippen LogP contribution < -0.4 is 0 Å². The van der Waals surface area contributed by atoms with Crippen molar-refractivity contribution in [3.63, 3.8) is 0 Å². The van der Waals surface area contributed by atoms with Gasteiger partial charge in [0.25, 0.3) is 5.91 Å². The number of rotatable bonds is 5. The van der Waals surface area contributed by atoms with Crippen molar-refractivity contribution < 1.29 is 36.6 Å². The summed E-state index contributed by atoms with van der Waals surface area (Å²) in [6.07, 6.45) is 0. The molecule has 0 radical (unpaired) electrons. The third-order valence-corrected chi connectivity index (χ3v) is 6.36. The van der Waals surface area contributed by atoms with Crippen LogP contribution in [0.4, 0.5) is 4.39 Å². The maximum absolute atomic E-state index is 14.2. The molecule has 11 heteroatoms. The SMILES string of the molecule is O=C(OCC(=O)N1CCOCC1)c1ccc(F)c(S(=O)(=O)N2CCOCC2)c1. The summed E-state index contributed by atoms with van der Waals surface area (Å²) < 4.78 is 55.8. The Morgan fingerprint density at radius 3 is 2.29 bits per heavy atom. The second-order valence-electron chi connectivity index (χ2n) is 6.23. The summed E-state index contributed by atoms with van der Waals surface area (Å²) in [6.45, 7) is 1.81. The first-order chi connectivity index (χ1) is 13.4. The van der Waals surface area contributed by atoms with Crippen molar-refractivity contribution in [2.24, 2.45) is 0 Å². The molecule has 0 unspecified atom stereocenters. The van der Waals surface area contributed by atoms with Crippen LogP contribution in [-0.4, -0.2) is 88.7 Å². The van der Waals surface area contributed by atoms with E-state index in [2.05, 4.69) is 0 Å². The first-order valence-corrected chi connectivity index (χ1v) is 10.2. The second kappa shape index (κ2) is 8.95. The van der Waals surface area contributed by atoms with Crippen molar-refractivity contribution >= 4 is 21.9 Å². The molecular formula is C17H21FN2O7S. The lowest BCUT2D eigenvalue weighted by molar-refractivity contribution is -0.138. The number of amides is 1. The molecule has 2 heterocycles. The third kappa shape index (κ3) is 4.66. The maximum Gasteiger partial charge on any atom is 0.338 e. The summed E-state index contributed by atoms with van der Waals surface area (Å²) in [5.41, 5.74) is -0.150. The van der Waals surface area contributed by atoms with Crippen LogP contribution in [0, 0.1) is 5.82 Å². The van der Waals surface area contributed by atoms with Gasteiger partial charge in [0, 0.05) is 26.2 Å². The molecule has 2 fully saturated rings.